The minimum absolute atomic E-state index is 0.504. The zero-order valence-electron chi connectivity index (χ0n) is 8.75. The predicted octanol–water partition coefficient (Wildman–Crippen LogP) is 0.814. The Balaban J connectivity index is 2.30. The van der Waals surface area contributed by atoms with Crippen LogP contribution in [-0.4, -0.2) is 43.4 Å². The highest BCUT2D eigenvalue weighted by Crippen LogP contribution is 2.05. The summed E-state index contributed by atoms with van der Waals surface area (Å²) >= 11 is 0. The Kier molecular flexibility index (Phi) is 4.39. The molecule has 0 aromatic heterocycles. The van der Waals surface area contributed by atoms with Crippen molar-refractivity contribution >= 4 is 11.8 Å². The van der Waals surface area contributed by atoms with Gasteiger partial charge in [-0.15, -0.1) is 0 Å². The molecule has 0 unspecified atom stereocenters. The lowest BCUT2D eigenvalue weighted by molar-refractivity contribution is 0.171. The van der Waals surface area contributed by atoms with Crippen molar-refractivity contribution in [1.29, 1.82) is 0 Å². The van der Waals surface area contributed by atoms with Crippen LogP contribution in [0.5, 0.6) is 0 Å². The van der Waals surface area contributed by atoms with Crippen LogP contribution < -0.4 is 5.43 Å². The number of nitrogens with zero attached hydrogens (tertiary/aromatic N) is 2. The van der Waals surface area contributed by atoms with Gasteiger partial charge in [0.05, 0.1) is 7.11 Å². The number of hydrazone groups is 1. The van der Waals surface area contributed by atoms with Gasteiger partial charge < -0.3 is 9.64 Å². The number of carbonyl (C=O) groups is 1. The summed E-state index contributed by atoms with van der Waals surface area (Å²) in [5.41, 5.74) is 3.38. The van der Waals surface area contributed by atoms with Gasteiger partial charge in [-0.1, -0.05) is 6.92 Å². The highest BCUT2D eigenvalue weighted by molar-refractivity contribution is 5.86. The Bertz CT molecular complexity index is 218. The molecule has 1 N–H and O–H groups in total. The molecule has 1 heterocycles. The third-order valence-corrected chi connectivity index (χ3v) is 2.37. The standard InChI is InChI=1S/C9H17N3O2/c1-3-12-6-4-8(5-7-12)10-11-9(13)14-2/h3-7H2,1-2H3,(H,11,13). The molecule has 0 saturated carbocycles. The topological polar surface area (TPSA) is 53.9 Å². The van der Waals surface area contributed by atoms with E-state index in [2.05, 4.69) is 27.1 Å². The fourth-order valence-electron chi connectivity index (χ4n) is 1.41. The van der Waals surface area contributed by atoms with Gasteiger partial charge in [-0.05, 0) is 6.54 Å². The van der Waals surface area contributed by atoms with E-state index in [1.807, 2.05) is 0 Å². The van der Waals surface area contributed by atoms with Crippen molar-refractivity contribution in [2.75, 3.05) is 26.7 Å². The number of amides is 1. The van der Waals surface area contributed by atoms with Crippen molar-refractivity contribution in [2.45, 2.75) is 19.8 Å². The first kappa shape index (κ1) is 11.0. The summed E-state index contributed by atoms with van der Waals surface area (Å²) in [6, 6.07) is 0. The highest BCUT2D eigenvalue weighted by Gasteiger charge is 2.13. The zero-order chi connectivity index (χ0) is 10.4. The van der Waals surface area contributed by atoms with Crippen LogP contribution in [0, 0.1) is 0 Å². The molecule has 1 aliphatic heterocycles. The second-order valence-electron chi connectivity index (χ2n) is 3.22. The summed E-state index contributed by atoms with van der Waals surface area (Å²) in [4.78, 5) is 13.1. The Morgan fingerprint density at radius 2 is 2.21 bits per heavy atom. The van der Waals surface area contributed by atoms with E-state index in [1.165, 1.54) is 7.11 Å². The number of carbonyl (C=O) groups excluding carboxylic acids is 1. The molecule has 1 saturated heterocycles. The summed E-state index contributed by atoms with van der Waals surface area (Å²) in [6.45, 7) is 5.28. The number of hydrogen-bond donors (Lipinski definition) is 1. The molecule has 0 aliphatic carbocycles. The minimum Gasteiger partial charge on any atom is -0.452 e. The number of ether oxygens (including phenoxy) is 1. The first-order valence-electron chi connectivity index (χ1n) is 4.88. The van der Waals surface area contributed by atoms with Crippen molar-refractivity contribution < 1.29 is 9.53 Å². The maximum Gasteiger partial charge on any atom is 0.427 e. The van der Waals surface area contributed by atoms with Crippen LogP contribution in [0.15, 0.2) is 5.10 Å². The molecule has 5 heteroatoms. The summed E-state index contributed by atoms with van der Waals surface area (Å²) in [5, 5.41) is 3.99. The SMILES string of the molecule is CCN1CCC(=NNC(=O)OC)CC1. The maximum atomic E-state index is 10.7. The van der Waals surface area contributed by atoms with E-state index in [0.29, 0.717) is 0 Å². The van der Waals surface area contributed by atoms with Crippen molar-refractivity contribution in [2.24, 2.45) is 5.10 Å². The van der Waals surface area contributed by atoms with Crippen molar-refractivity contribution in [3.63, 3.8) is 0 Å². The number of methoxy groups -OCH3 is 1. The van der Waals surface area contributed by atoms with Crippen molar-refractivity contribution in [3.05, 3.63) is 0 Å². The van der Waals surface area contributed by atoms with Gasteiger partial charge in [0.1, 0.15) is 0 Å². The maximum absolute atomic E-state index is 10.7. The highest BCUT2D eigenvalue weighted by atomic mass is 16.5. The molecule has 0 aromatic rings. The summed E-state index contributed by atoms with van der Waals surface area (Å²) in [5.74, 6) is 0. The van der Waals surface area contributed by atoms with Gasteiger partial charge in [0.2, 0.25) is 0 Å². The fourth-order valence-corrected chi connectivity index (χ4v) is 1.41. The summed E-state index contributed by atoms with van der Waals surface area (Å²) in [6.07, 6.45) is 1.35. The van der Waals surface area contributed by atoms with E-state index in [-0.39, 0.29) is 0 Å². The second-order valence-corrected chi connectivity index (χ2v) is 3.22. The number of nitrogens with one attached hydrogen (secondary N) is 1. The van der Waals surface area contributed by atoms with Crippen LogP contribution in [0.3, 0.4) is 0 Å². The predicted molar refractivity (Wildman–Crippen MR) is 54.3 cm³/mol. The number of piperidine rings is 1. The van der Waals surface area contributed by atoms with Gasteiger partial charge >= 0.3 is 6.09 Å². The molecule has 1 fully saturated rings. The molecule has 0 atom stereocenters. The van der Waals surface area contributed by atoms with Gasteiger partial charge in [0.25, 0.3) is 0 Å². The molecule has 1 rings (SSSR count). The molecule has 0 spiro atoms. The Labute approximate surface area is 84.1 Å². The largest absolute Gasteiger partial charge is 0.452 e. The zero-order valence-corrected chi connectivity index (χ0v) is 8.75. The van der Waals surface area contributed by atoms with Crippen LogP contribution >= 0.6 is 0 Å². The van der Waals surface area contributed by atoms with E-state index in [1.54, 1.807) is 0 Å². The van der Waals surface area contributed by atoms with Crippen LogP contribution in [0.2, 0.25) is 0 Å². The normalized spacial score (nSPS) is 17.7. The van der Waals surface area contributed by atoms with E-state index in [4.69, 9.17) is 0 Å². The van der Waals surface area contributed by atoms with E-state index in [9.17, 15) is 4.79 Å². The fraction of sp³-hybridized carbons (Fsp3) is 0.778. The lowest BCUT2D eigenvalue weighted by Crippen LogP contribution is -2.34. The van der Waals surface area contributed by atoms with E-state index >= 15 is 0 Å². The van der Waals surface area contributed by atoms with Crippen LogP contribution in [-0.2, 0) is 4.74 Å². The van der Waals surface area contributed by atoms with Gasteiger partial charge in [-0.2, -0.15) is 5.10 Å². The monoisotopic (exact) mass is 199 g/mol. The molecule has 0 radical (unpaired) electrons. The van der Waals surface area contributed by atoms with Crippen LogP contribution in [0.4, 0.5) is 4.79 Å². The molecule has 5 nitrogen and oxygen atoms in total. The first-order chi connectivity index (χ1) is 6.76. The molecule has 14 heavy (non-hydrogen) atoms. The Morgan fingerprint density at radius 3 is 2.71 bits per heavy atom. The smallest absolute Gasteiger partial charge is 0.427 e. The number of rotatable bonds is 2. The molecule has 1 aliphatic rings. The van der Waals surface area contributed by atoms with Crippen molar-refractivity contribution in [3.8, 4) is 0 Å². The Hall–Kier alpha value is -1.10. The second kappa shape index (κ2) is 5.59. The summed E-state index contributed by atoms with van der Waals surface area (Å²) < 4.78 is 4.42. The average molecular weight is 199 g/mol. The third kappa shape index (κ3) is 3.33. The number of hydrogen-bond acceptors (Lipinski definition) is 4. The molecule has 0 bridgehead atoms. The van der Waals surface area contributed by atoms with Gasteiger partial charge in [0.15, 0.2) is 0 Å². The molecule has 0 aromatic carbocycles. The van der Waals surface area contributed by atoms with E-state index in [0.717, 1.165) is 38.2 Å². The van der Waals surface area contributed by atoms with Crippen LogP contribution in [0.1, 0.15) is 19.8 Å². The quantitative estimate of drug-likeness (QED) is 0.670. The van der Waals surface area contributed by atoms with Gasteiger partial charge in [-0.25, -0.2) is 10.2 Å². The van der Waals surface area contributed by atoms with Gasteiger partial charge in [-0.3, -0.25) is 0 Å². The lowest BCUT2D eigenvalue weighted by Gasteiger charge is -2.25. The number of likely N-dealkylation sites (tertiary alicyclic amines) is 1. The summed E-state index contributed by atoms with van der Waals surface area (Å²) in [7, 11) is 1.33. The first-order valence-corrected chi connectivity index (χ1v) is 4.88. The molecular weight excluding hydrogens is 182 g/mol. The molecule has 1 amide bonds. The minimum atomic E-state index is -0.504. The average Bonchev–Trinajstić information content (AvgIpc) is 2.26. The third-order valence-electron chi connectivity index (χ3n) is 2.37. The molecular formula is C9H17N3O2. The lowest BCUT2D eigenvalue weighted by atomic mass is 10.1. The van der Waals surface area contributed by atoms with Gasteiger partial charge in [0, 0.05) is 31.6 Å². The molecule has 80 valence electrons. The van der Waals surface area contributed by atoms with E-state index < -0.39 is 6.09 Å². The van der Waals surface area contributed by atoms with Crippen molar-refractivity contribution in [1.82, 2.24) is 10.3 Å². The van der Waals surface area contributed by atoms with Crippen LogP contribution in [0.25, 0.3) is 0 Å². The Morgan fingerprint density at radius 1 is 1.57 bits per heavy atom.